The Morgan fingerprint density at radius 1 is 0.952 bits per heavy atom. The Kier molecular flexibility index (Phi) is 7.32. The summed E-state index contributed by atoms with van der Waals surface area (Å²) in [6, 6.07) is 24.3. The maximum Gasteiger partial charge on any atom is 0.238 e. The number of hydrogen-bond acceptors (Lipinski definition) is 4. The Hall–Kier alpha value is -4.44. The molecule has 0 saturated carbocycles. The molecule has 0 aliphatic carbocycles. The number of nitrogens with one attached hydrogen (secondary N) is 2. The van der Waals surface area contributed by atoms with Crippen LogP contribution in [0, 0.1) is 12.3 Å². The molecule has 6 nitrogen and oxygen atoms in total. The van der Waals surface area contributed by atoms with Crippen molar-refractivity contribution >= 4 is 40.7 Å². The van der Waals surface area contributed by atoms with E-state index in [9.17, 15) is 9.59 Å². The molecule has 2 amide bonds. The van der Waals surface area contributed by atoms with Gasteiger partial charge in [-0.05, 0) is 84.8 Å². The number of carbonyl (C=O) groups excluding carboxylic acids is 2. The summed E-state index contributed by atoms with van der Waals surface area (Å²) in [6.07, 6.45) is 5.89. The van der Waals surface area contributed by atoms with Gasteiger partial charge in [0.25, 0.3) is 0 Å². The van der Waals surface area contributed by atoms with Gasteiger partial charge in [-0.1, -0.05) is 47.3 Å². The summed E-state index contributed by atoms with van der Waals surface area (Å²) >= 11 is 12.8. The van der Waals surface area contributed by atoms with Gasteiger partial charge in [-0.25, -0.2) is 0 Å². The lowest BCUT2D eigenvalue weighted by atomic mass is 9.59. The summed E-state index contributed by atoms with van der Waals surface area (Å²) in [6.45, 7) is 2.46. The summed E-state index contributed by atoms with van der Waals surface area (Å²) in [7, 11) is 0. The molecule has 42 heavy (non-hydrogen) atoms. The predicted molar refractivity (Wildman–Crippen MR) is 164 cm³/mol. The molecule has 0 bridgehead atoms. The molecule has 0 aromatic heterocycles. The van der Waals surface area contributed by atoms with E-state index in [1.54, 1.807) is 54.6 Å². The first kappa shape index (κ1) is 27.7. The number of terminal acetylenes is 1. The second-order valence-electron chi connectivity index (χ2n) is 10.2. The fourth-order valence-corrected chi connectivity index (χ4v) is 6.49. The number of ether oxygens (including phenoxy) is 2. The van der Waals surface area contributed by atoms with Crippen LogP contribution in [-0.2, 0) is 15.0 Å². The highest BCUT2D eigenvalue weighted by atomic mass is 35.5. The van der Waals surface area contributed by atoms with Gasteiger partial charge in [0.05, 0.1) is 12.6 Å². The third-order valence-electron chi connectivity index (χ3n) is 7.85. The number of benzene rings is 4. The smallest absolute Gasteiger partial charge is 0.238 e. The number of halogens is 2. The van der Waals surface area contributed by atoms with Gasteiger partial charge in [-0.2, -0.15) is 0 Å². The summed E-state index contributed by atoms with van der Waals surface area (Å²) in [5.74, 6) is 3.34. The average molecular weight is 597 g/mol. The Bertz CT molecular complexity index is 1750. The van der Waals surface area contributed by atoms with E-state index >= 15 is 0 Å². The van der Waals surface area contributed by atoms with E-state index in [0.29, 0.717) is 56.3 Å². The van der Waals surface area contributed by atoms with E-state index in [-0.39, 0.29) is 18.2 Å². The minimum absolute atomic E-state index is 0.0657. The molecule has 2 aliphatic heterocycles. The minimum Gasteiger partial charge on any atom is -0.494 e. The number of anilines is 1. The van der Waals surface area contributed by atoms with Gasteiger partial charge in [0.1, 0.15) is 22.7 Å². The monoisotopic (exact) mass is 596 g/mol. The lowest BCUT2D eigenvalue weighted by Gasteiger charge is -2.46. The number of fused-ring (bicyclic) bond motifs is 2. The molecular formula is C34H26Cl2N2O4. The Labute approximate surface area is 253 Å². The average Bonchev–Trinajstić information content (AvgIpc) is 3.26. The molecule has 4 aromatic rings. The van der Waals surface area contributed by atoms with Gasteiger partial charge < -0.3 is 20.1 Å². The van der Waals surface area contributed by atoms with Crippen molar-refractivity contribution in [3.05, 3.63) is 117 Å². The molecule has 2 N–H and O–H groups in total. The summed E-state index contributed by atoms with van der Waals surface area (Å²) in [4.78, 5) is 27.8. The fraction of sp³-hybridized carbons (Fsp3) is 0.176. The summed E-state index contributed by atoms with van der Waals surface area (Å²) < 4.78 is 11.9. The second-order valence-corrected chi connectivity index (χ2v) is 11.1. The molecule has 8 heteroatoms. The maximum atomic E-state index is 14.4. The molecule has 3 atom stereocenters. The van der Waals surface area contributed by atoms with E-state index in [0.717, 1.165) is 5.56 Å². The van der Waals surface area contributed by atoms with E-state index in [4.69, 9.17) is 39.1 Å². The lowest BCUT2D eigenvalue weighted by molar-refractivity contribution is -0.131. The topological polar surface area (TPSA) is 76.7 Å². The predicted octanol–water partition coefficient (Wildman–Crippen LogP) is 7.40. The fourth-order valence-electron chi connectivity index (χ4n) is 6.12. The first-order valence-corrected chi connectivity index (χ1v) is 14.3. The van der Waals surface area contributed by atoms with E-state index < -0.39 is 17.4 Å². The van der Waals surface area contributed by atoms with Crippen molar-refractivity contribution in [3.63, 3.8) is 0 Å². The standard InChI is InChI=1S/C34H26Cl2N2O4/c1-3-20-8-15-30(42-25-12-10-24(11-13-25)41-4-2)26(16-20)32-34(27-14-9-23(36)18-29(27)37-33(34)40)28(19-31(39)38-32)21-6-5-7-22(35)17-21/h1,5-18,28,32H,4,19H2,2H3,(H,37,40)(H,38,39)/t28-,32+,34-/m0/s1. The van der Waals surface area contributed by atoms with Crippen molar-refractivity contribution in [1.82, 2.24) is 5.32 Å². The van der Waals surface area contributed by atoms with Crippen molar-refractivity contribution in [3.8, 4) is 29.6 Å². The molecule has 4 aromatic carbocycles. The second kappa shape index (κ2) is 11.1. The van der Waals surface area contributed by atoms with Crippen molar-refractivity contribution in [2.24, 2.45) is 0 Å². The number of rotatable bonds is 6. The quantitative estimate of drug-likeness (QED) is 0.227. The van der Waals surface area contributed by atoms with E-state index in [1.165, 1.54) is 0 Å². The summed E-state index contributed by atoms with van der Waals surface area (Å²) in [5, 5.41) is 7.17. The van der Waals surface area contributed by atoms with Crippen molar-refractivity contribution in [1.29, 1.82) is 0 Å². The van der Waals surface area contributed by atoms with Crippen LogP contribution in [0.15, 0.2) is 84.9 Å². The van der Waals surface area contributed by atoms with Crippen LogP contribution in [-0.4, -0.2) is 18.4 Å². The van der Waals surface area contributed by atoms with Gasteiger partial charge in [0, 0.05) is 39.2 Å². The largest absolute Gasteiger partial charge is 0.494 e. The molecule has 2 heterocycles. The molecular weight excluding hydrogens is 571 g/mol. The molecule has 210 valence electrons. The molecule has 0 unspecified atom stereocenters. The van der Waals surface area contributed by atoms with E-state index in [2.05, 4.69) is 16.6 Å². The van der Waals surface area contributed by atoms with Crippen LogP contribution in [0.4, 0.5) is 5.69 Å². The van der Waals surface area contributed by atoms with Crippen molar-refractivity contribution in [2.45, 2.75) is 30.7 Å². The van der Waals surface area contributed by atoms with Gasteiger partial charge in [-0.15, -0.1) is 6.42 Å². The third kappa shape index (κ3) is 4.75. The van der Waals surface area contributed by atoms with Gasteiger partial charge in [0.15, 0.2) is 0 Å². The van der Waals surface area contributed by atoms with Crippen molar-refractivity contribution in [2.75, 3.05) is 11.9 Å². The summed E-state index contributed by atoms with van der Waals surface area (Å²) in [5.41, 5.74) is 1.93. The van der Waals surface area contributed by atoms with Crippen LogP contribution >= 0.6 is 23.2 Å². The first-order valence-electron chi connectivity index (χ1n) is 13.5. The normalized spacial score (nSPS) is 20.8. The molecule has 6 rings (SSSR count). The van der Waals surface area contributed by atoms with Crippen LogP contribution in [0.5, 0.6) is 17.2 Å². The molecule has 1 spiro atoms. The van der Waals surface area contributed by atoms with Crippen LogP contribution in [0.3, 0.4) is 0 Å². The zero-order chi connectivity index (χ0) is 29.4. The Morgan fingerprint density at radius 3 is 2.45 bits per heavy atom. The van der Waals surface area contributed by atoms with Crippen molar-refractivity contribution < 1.29 is 19.1 Å². The number of piperidine rings is 1. The van der Waals surface area contributed by atoms with Crippen LogP contribution in [0.1, 0.15) is 47.6 Å². The Morgan fingerprint density at radius 2 is 1.71 bits per heavy atom. The first-order chi connectivity index (χ1) is 20.3. The van der Waals surface area contributed by atoms with Gasteiger partial charge in [-0.3, -0.25) is 9.59 Å². The highest BCUT2D eigenvalue weighted by Gasteiger charge is 2.61. The van der Waals surface area contributed by atoms with Crippen LogP contribution < -0.4 is 20.1 Å². The third-order valence-corrected chi connectivity index (χ3v) is 8.32. The molecule has 0 radical (unpaired) electrons. The van der Waals surface area contributed by atoms with Crippen LogP contribution in [0.25, 0.3) is 0 Å². The molecule has 2 aliphatic rings. The van der Waals surface area contributed by atoms with E-state index in [1.807, 2.05) is 37.3 Å². The minimum atomic E-state index is -1.28. The SMILES string of the molecule is C#Cc1ccc(Oc2ccc(OCC)cc2)c([C@H]2NC(=O)C[C@@H](c3cccc(Cl)c3)[C@]23C(=O)Nc2cc(Cl)ccc23)c1. The number of amides is 2. The number of carbonyl (C=O) groups is 2. The zero-order valence-electron chi connectivity index (χ0n) is 22.6. The lowest BCUT2D eigenvalue weighted by Crippen LogP contribution is -2.56. The molecule has 1 fully saturated rings. The molecule has 1 saturated heterocycles. The number of hydrogen-bond donors (Lipinski definition) is 2. The maximum absolute atomic E-state index is 14.4. The highest BCUT2D eigenvalue weighted by Crippen LogP contribution is 2.58. The zero-order valence-corrected chi connectivity index (χ0v) is 24.1. The van der Waals surface area contributed by atoms with Crippen LogP contribution in [0.2, 0.25) is 10.0 Å². The highest BCUT2D eigenvalue weighted by molar-refractivity contribution is 6.31. The van der Waals surface area contributed by atoms with Gasteiger partial charge in [0.2, 0.25) is 11.8 Å². The van der Waals surface area contributed by atoms with Gasteiger partial charge >= 0.3 is 0 Å². The Balaban J connectivity index is 1.57.